The van der Waals surface area contributed by atoms with Crippen molar-refractivity contribution >= 4 is 40.5 Å². The van der Waals surface area contributed by atoms with Crippen LogP contribution in [0, 0.1) is 11.6 Å². The van der Waals surface area contributed by atoms with E-state index in [0.29, 0.717) is 20.8 Å². The average molecular weight is 353 g/mol. The SMILES string of the molecule is OC(CNc1cc(Cl)c(Cl)cc1Cl)c1ccc(F)c(F)c1. The van der Waals surface area contributed by atoms with E-state index >= 15 is 0 Å². The molecule has 21 heavy (non-hydrogen) atoms. The summed E-state index contributed by atoms with van der Waals surface area (Å²) < 4.78 is 25.9. The van der Waals surface area contributed by atoms with Crippen LogP contribution in [0.25, 0.3) is 0 Å². The Balaban J connectivity index is 2.08. The average Bonchev–Trinajstić information content (AvgIpc) is 2.44. The van der Waals surface area contributed by atoms with Crippen molar-refractivity contribution < 1.29 is 13.9 Å². The highest BCUT2D eigenvalue weighted by atomic mass is 35.5. The number of rotatable bonds is 4. The lowest BCUT2D eigenvalue weighted by Crippen LogP contribution is -2.12. The summed E-state index contributed by atoms with van der Waals surface area (Å²) in [5, 5.41) is 13.8. The molecule has 0 amide bonds. The summed E-state index contributed by atoms with van der Waals surface area (Å²) in [7, 11) is 0. The maximum atomic E-state index is 13.1. The quantitative estimate of drug-likeness (QED) is 0.753. The van der Waals surface area contributed by atoms with Gasteiger partial charge in [0.25, 0.3) is 0 Å². The van der Waals surface area contributed by atoms with Gasteiger partial charge in [-0.2, -0.15) is 0 Å². The van der Waals surface area contributed by atoms with Crippen molar-refractivity contribution in [2.75, 3.05) is 11.9 Å². The highest BCUT2D eigenvalue weighted by molar-refractivity contribution is 6.44. The summed E-state index contributed by atoms with van der Waals surface area (Å²) in [6.07, 6.45) is -1.04. The van der Waals surface area contributed by atoms with E-state index in [0.717, 1.165) is 12.1 Å². The molecule has 0 aliphatic rings. The van der Waals surface area contributed by atoms with Crippen molar-refractivity contribution in [1.82, 2.24) is 0 Å². The lowest BCUT2D eigenvalue weighted by molar-refractivity contribution is 0.191. The first-order valence-electron chi connectivity index (χ1n) is 5.90. The number of nitrogens with one attached hydrogen (secondary N) is 1. The van der Waals surface area contributed by atoms with Crippen LogP contribution in [-0.2, 0) is 0 Å². The van der Waals surface area contributed by atoms with Gasteiger partial charge < -0.3 is 10.4 Å². The Morgan fingerprint density at radius 2 is 1.62 bits per heavy atom. The first kappa shape index (κ1) is 16.3. The summed E-state index contributed by atoms with van der Waals surface area (Å²) in [4.78, 5) is 0. The van der Waals surface area contributed by atoms with Gasteiger partial charge in [-0.3, -0.25) is 0 Å². The van der Waals surface area contributed by atoms with Gasteiger partial charge in [-0.1, -0.05) is 40.9 Å². The summed E-state index contributed by atoms with van der Waals surface area (Å²) >= 11 is 17.7. The van der Waals surface area contributed by atoms with E-state index in [-0.39, 0.29) is 12.1 Å². The number of aliphatic hydroxyl groups is 1. The van der Waals surface area contributed by atoms with Gasteiger partial charge in [0.05, 0.1) is 26.9 Å². The zero-order valence-corrected chi connectivity index (χ0v) is 12.8. The highest BCUT2D eigenvalue weighted by Gasteiger charge is 2.12. The molecule has 0 aliphatic carbocycles. The third-order valence-electron chi connectivity index (χ3n) is 2.82. The number of benzene rings is 2. The van der Waals surface area contributed by atoms with Gasteiger partial charge in [-0.15, -0.1) is 0 Å². The molecule has 1 atom stereocenters. The molecule has 0 fully saturated rings. The second kappa shape index (κ2) is 6.79. The Bertz CT molecular complexity index is 667. The molecule has 0 aliphatic heterocycles. The zero-order valence-electron chi connectivity index (χ0n) is 10.5. The van der Waals surface area contributed by atoms with Gasteiger partial charge in [0, 0.05) is 6.54 Å². The van der Waals surface area contributed by atoms with Crippen molar-refractivity contribution in [3.8, 4) is 0 Å². The Hall–Kier alpha value is -1.07. The molecule has 2 aromatic carbocycles. The summed E-state index contributed by atoms with van der Waals surface area (Å²) in [5.41, 5.74) is 0.727. The number of anilines is 1. The second-order valence-electron chi connectivity index (χ2n) is 4.32. The van der Waals surface area contributed by atoms with E-state index in [9.17, 15) is 13.9 Å². The smallest absolute Gasteiger partial charge is 0.159 e. The Morgan fingerprint density at radius 3 is 2.29 bits per heavy atom. The van der Waals surface area contributed by atoms with Crippen LogP contribution in [0.15, 0.2) is 30.3 Å². The van der Waals surface area contributed by atoms with Gasteiger partial charge in [-0.05, 0) is 29.8 Å². The first-order valence-corrected chi connectivity index (χ1v) is 7.03. The molecular formula is C14H10Cl3F2NO. The molecule has 0 radical (unpaired) electrons. The molecule has 0 heterocycles. The Labute approximate surface area is 135 Å². The number of halogens is 5. The molecule has 0 saturated carbocycles. The molecule has 0 aromatic heterocycles. The lowest BCUT2D eigenvalue weighted by Gasteiger charge is -2.15. The number of hydrogen-bond acceptors (Lipinski definition) is 2. The van der Waals surface area contributed by atoms with Crippen molar-refractivity contribution in [2.24, 2.45) is 0 Å². The van der Waals surface area contributed by atoms with E-state index in [1.807, 2.05) is 0 Å². The molecule has 0 bridgehead atoms. The predicted octanol–water partition coefficient (Wildman–Crippen LogP) is 5.07. The van der Waals surface area contributed by atoms with Gasteiger partial charge >= 0.3 is 0 Å². The van der Waals surface area contributed by atoms with Crippen LogP contribution in [0.2, 0.25) is 15.1 Å². The maximum absolute atomic E-state index is 13.1. The van der Waals surface area contributed by atoms with Crippen LogP contribution >= 0.6 is 34.8 Å². The van der Waals surface area contributed by atoms with Crippen molar-refractivity contribution in [1.29, 1.82) is 0 Å². The fourth-order valence-corrected chi connectivity index (χ4v) is 2.32. The molecule has 2 nitrogen and oxygen atoms in total. The van der Waals surface area contributed by atoms with Gasteiger partial charge in [0.2, 0.25) is 0 Å². The van der Waals surface area contributed by atoms with Crippen LogP contribution in [-0.4, -0.2) is 11.7 Å². The topological polar surface area (TPSA) is 32.3 Å². The largest absolute Gasteiger partial charge is 0.387 e. The minimum absolute atomic E-state index is 0.0444. The highest BCUT2D eigenvalue weighted by Crippen LogP contribution is 2.32. The summed E-state index contributed by atoms with van der Waals surface area (Å²) in [5.74, 6) is -1.98. The van der Waals surface area contributed by atoms with Gasteiger partial charge in [0.1, 0.15) is 0 Å². The standard InChI is InChI=1S/C14H10Cl3F2NO/c15-8-4-10(17)13(5-9(8)16)20-6-14(21)7-1-2-11(18)12(19)3-7/h1-5,14,20-21H,6H2. The van der Waals surface area contributed by atoms with E-state index in [2.05, 4.69) is 5.32 Å². The first-order chi connectivity index (χ1) is 9.88. The van der Waals surface area contributed by atoms with Crippen LogP contribution in [0.3, 0.4) is 0 Å². The minimum Gasteiger partial charge on any atom is -0.387 e. The van der Waals surface area contributed by atoms with Crippen LogP contribution in [0.5, 0.6) is 0 Å². The number of hydrogen-bond donors (Lipinski definition) is 2. The Kier molecular flexibility index (Phi) is 5.27. The normalized spacial score (nSPS) is 12.3. The summed E-state index contributed by atoms with van der Waals surface area (Å²) in [6.45, 7) is 0.0444. The Morgan fingerprint density at radius 1 is 0.952 bits per heavy atom. The molecule has 112 valence electrons. The molecular weight excluding hydrogens is 343 g/mol. The fraction of sp³-hybridized carbons (Fsp3) is 0.143. The van der Waals surface area contributed by atoms with Crippen molar-refractivity contribution in [3.05, 3.63) is 62.6 Å². The third-order valence-corrected chi connectivity index (χ3v) is 3.86. The molecule has 2 aromatic rings. The van der Waals surface area contributed by atoms with E-state index in [4.69, 9.17) is 34.8 Å². The maximum Gasteiger partial charge on any atom is 0.159 e. The van der Waals surface area contributed by atoms with Crippen LogP contribution in [0.4, 0.5) is 14.5 Å². The fourth-order valence-electron chi connectivity index (χ4n) is 1.70. The lowest BCUT2D eigenvalue weighted by atomic mass is 10.1. The predicted molar refractivity (Wildman–Crippen MR) is 81.3 cm³/mol. The molecule has 0 spiro atoms. The zero-order chi connectivity index (χ0) is 15.6. The molecule has 1 unspecified atom stereocenters. The van der Waals surface area contributed by atoms with Crippen LogP contribution < -0.4 is 5.32 Å². The molecule has 2 N–H and O–H groups in total. The number of aliphatic hydroxyl groups excluding tert-OH is 1. The van der Waals surface area contributed by atoms with E-state index in [1.54, 1.807) is 0 Å². The van der Waals surface area contributed by atoms with E-state index in [1.165, 1.54) is 18.2 Å². The van der Waals surface area contributed by atoms with Crippen molar-refractivity contribution in [2.45, 2.75) is 6.10 Å². The molecule has 2 rings (SSSR count). The van der Waals surface area contributed by atoms with Gasteiger partial charge in [0.15, 0.2) is 11.6 Å². The van der Waals surface area contributed by atoms with Crippen molar-refractivity contribution in [3.63, 3.8) is 0 Å². The monoisotopic (exact) mass is 351 g/mol. The van der Waals surface area contributed by atoms with Crippen LogP contribution in [0.1, 0.15) is 11.7 Å². The summed E-state index contributed by atoms with van der Waals surface area (Å²) in [6, 6.07) is 6.20. The van der Waals surface area contributed by atoms with E-state index < -0.39 is 17.7 Å². The second-order valence-corrected chi connectivity index (χ2v) is 5.54. The molecule has 0 saturated heterocycles. The van der Waals surface area contributed by atoms with Gasteiger partial charge in [-0.25, -0.2) is 8.78 Å². The molecule has 7 heteroatoms. The minimum atomic E-state index is -1.04. The third kappa shape index (κ3) is 3.98.